The molecule has 4 nitrogen and oxygen atoms in total. The minimum atomic E-state index is -0.890. The van der Waals surface area contributed by atoms with Gasteiger partial charge in [-0.3, -0.25) is 10.0 Å². The molecule has 2 aromatic carbocycles. The van der Waals surface area contributed by atoms with E-state index in [4.69, 9.17) is 9.94 Å². The lowest BCUT2D eigenvalue weighted by Gasteiger charge is -2.18. The van der Waals surface area contributed by atoms with Crippen LogP contribution in [0.3, 0.4) is 0 Å². The van der Waals surface area contributed by atoms with Crippen LogP contribution in [0.25, 0.3) is 0 Å². The number of hydrogen-bond donors (Lipinski definition) is 2. The second-order valence-electron chi connectivity index (χ2n) is 5.11. The summed E-state index contributed by atoms with van der Waals surface area (Å²) in [7, 11) is 0. The molecule has 0 aliphatic heterocycles. The fraction of sp³-hybridized carbons (Fsp3) is 0.235. The van der Waals surface area contributed by atoms with Gasteiger partial charge < -0.3 is 4.74 Å². The first-order valence-electron chi connectivity index (χ1n) is 6.87. The number of carbonyl (C=O) groups excluding carboxylic acids is 1. The molecule has 0 aliphatic carbocycles. The lowest BCUT2D eigenvalue weighted by Crippen LogP contribution is -2.30. The number of amides is 1. The maximum atomic E-state index is 11.8. The Hall–Kier alpha value is -2.33. The summed E-state index contributed by atoms with van der Waals surface area (Å²) in [5.74, 6) is 0.366. The van der Waals surface area contributed by atoms with Crippen molar-refractivity contribution in [2.45, 2.75) is 25.9 Å². The van der Waals surface area contributed by atoms with E-state index in [-0.39, 0.29) is 0 Å². The number of carbonyl (C=O) groups is 1. The molecule has 0 bridgehead atoms. The highest BCUT2D eigenvalue weighted by Gasteiger charge is 2.22. The highest BCUT2D eigenvalue weighted by atomic mass is 16.5. The maximum Gasteiger partial charge on any atom is 0.289 e. The molecule has 0 aromatic heterocycles. The highest BCUT2D eigenvalue weighted by Crippen LogP contribution is 2.25. The van der Waals surface area contributed by atoms with Gasteiger partial charge in [-0.05, 0) is 23.6 Å². The quantitative estimate of drug-likeness (QED) is 0.653. The van der Waals surface area contributed by atoms with Gasteiger partial charge in [0.15, 0.2) is 0 Å². The van der Waals surface area contributed by atoms with Crippen molar-refractivity contribution in [3.63, 3.8) is 0 Å². The number of rotatable bonds is 5. The van der Waals surface area contributed by atoms with Gasteiger partial charge in [0, 0.05) is 5.56 Å². The average Bonchev–Trinajstić information content (AvgIpc) is 2.53. The van der Waals surface area contributed by atoms with Crippen LogP contribution in [0.5, 0.6) is 5.75 Å². The first kappa shape index (κ1) is 15.1. The summed E-state index contributed by atoms with van der Waals surface area (Å²) in [6.07, 6.45) is -0.890. The Morgan fingerprint density at radius 1 is 1.05 bits per heavy atom. The summed E-state index contributed by atoms with van der Waals surface area (Å²) < 4.78 is 5.77. The Labute approximate surface area is 124 Å². The summed E-state index contributed by atoms with van der Waals surface area (Å²) in [4.78, 5) is 11.8. The molecule has 21 heavy (non-hydrogen) atoms. The van der Waals surface area contributed by atoms with E-state index < -0.39 is 12.0 Å². The van der Waals surface area contributed by atoms with Crippen LogP contribution in [-0.2, 0) is 4.79 Å². The van der Waals surface area contributed by atoms with Gasteiger partial charge in [-0.2, -0.15) is 0 Å². The van der Waals surface area contributed by atoms with Crippen molar-refractivity contribution < 1.29 is 14.7 Å². The highest BCUT2D eigenvalue weighted by molar-refractivity contribution is 5.81. The Morgan fingerprint density at radius 3 is 2.33 bits per heavy atom. The summed E-state index contributed by atoms with van der Waals surface area (Å²) in [5.41, 5.74) is 3.47. The zero-order valence-corrected chi connectivity index (χ0v) is 12.1. The number of hydrogen-bond acceptors (Lipinski definition) is 3. The first-order valence-corrected chi connectivity index (χ1v) is 6.87. The zero-order valence-electron chi connectivity index (χ0n) is 12.1. The van der Waals surface area contributed by atoms with Gasteiger partial charge in [0.1, 0.15) is 5.75 Å². The Bertz CT molecular complexity index is 596. The van der Waals surface area contributed by atoms with Gasteiger partial charge in [-0.25, -0.2) is 5.48 Å². The molecule has 0 aliphatic rings. The molecule has 1 amide bonds. The average molecular weight is 285 g/mol. The van der Waals surface area contributed by atoms with Gasteiger partial charge in [0.05, 0.1) is 0 Å². The maximum absolute atomic E-state index is 11.8. The molecular weight excluding hydrogens is 266 g/mol. The van der Waals surface area contributed by atoms with Crippen molar-refractivity contribution >= 4 is 5.91 Å². The molecule has 1 atom stereocenters. The Kier molecular flexibility index (Phi) is 4.95. The van der Waals surface area contributed by atoms with Crippen molar-refractivity contribution in [1.82, 2.24) is 5.48 Å². The van der Waals surface area contributed by atoms with Crippen LogP contribution in [0.2, 0.25) is 0 Å². The second kappa shape index (κ2) is 6.90. The molecule has 4 heteroatoms. The van der Waals surface area contributed by atoms with Crippen LogP contribution < -0.4 is 10.2 Å². The number of ether oxygens (including phenoxy) is 1. The Balaban J connectivity index is 2.27. The van der Waals surface area contributed by atoms with Gasteiger partial charge in [-0.15, -0.1) is 0 Å². The predicted octanol–water partition coefficient (Wildman–Crippen LogP) is 3.44. The van der Waals surface area contributed by atoms with Crippen molar-refractivity contribution in [2.75, 3.05) is 0 Å². The SMILES string of the molecule is CC(C)c1cccc(OC(C(=O)NO)c2ccccc2)c1. The lowest BCUT2D eigenvalue weighted by molar-refractivity contribution is -0.136. The fourth-order valence-corrected chi connectivity index (χ4v) is 2.04. The molecule has 0 saturated carbocycles. The molecule has 2 rings (SSSR count). The molecule has 0 saturated heterocycles. The largest absolute Gasteiger partial charge is 0.476 e. The molecule has 0 fully saturated rings. The van der Waals surface area contributed by atoms with Gasteiger partial charge >= 0.3 is 0 Å². The molecular formula is C17H19NO3. The summed E-state index contributed by atoms with van der Waals surface area (Å²) >= 11 is 0. The smallest absolute Gasteiger partial charge is 0.289 e. The number of nitrogens with one attached hydrogen (secondary N) is 1. The van der Waals surface area contributed by atoms with E-state index >= 15 is 0 Å². The Morgan fingerprint density at radius 2 is 1.71 bits per heavy atom. The molecule has 0 radical (unpaired) electrons. The monoisotopic (exact) mass is 285 g/mol. The van der Waals surface area contributed by atoms with Gasteiger partial charge in [-0.1, -0.05) is 56.3 Å². The molecule has 110 valence electrons. The molecule has 0 heterocycles. The van der Waals surface area contributed by atoms with Crippen molar-refractivity contribution in [3.05, 3.63) is 65.7 Å². The minimum absolute atomic E-state index is 0.371. The molecule has 2 aromatic rings. The third kappa shape index (κ3) is 3.83. The van der Waals surface area contributed by atoms with Gasteiger partial charge in [0.25, 0.3) is 5.91 Å². The van der Waals surface area contributed by atoms with Crippen molar-refractivity contribution in [3.8, 4) is 5.75 Å². The van der Waals surface area contributed by atoms with Crippen LogP contribution in [-0.4, -0.2) is 11.1 Å². The second-order valence-corrected chi connectivity index (χ2v) is 5.11. The number of benzene rings is 2. The van der Waals surface area contributed by atoms with E-state index in [0.717, 1.165) is 5.56 Å². The third-order valence-electron chi connectivity index (χ3n) is 3.23. The van der Waals surface area contributed by atoms with Gasteiger partial charge in [0.2, 0.25) is 6.10 Å². The first-order chi connectivity index (χ1) is 10.1. The van der Waals surface area contributed by atoms with Crippen molar-refractivity contribution in [1.29, 1.82) is 0 Å². The minimum Gasteiger partial charge on any atom is -0.476 e. The van der Waals surface area contributed by atoms with E-state index in [2.05, 4.69) is 13.8 Å². The summed E-state index contributed by atoms with van der Waals surface area (Å²) in [6, 6.07) is 16.7. The molecule has 0 spiro atoms. The number of hydroxylamine groups is 1. The van der Waals surface area contributed by atoms with Crippen LogP contribution in [0.15, 0.2) is 54.6 Å². The van der Waals surface area contributed by atoms with Crippen molar-refractivity contribution in [2.24, 2.45) is 0 Å². The summed E-state index contributed by atoms with van der Waals surface area (Å²) in [5, 5.41) is 8.91. The van der Waals surface area contributed by atoms with Crippen LogP contribution in [0.1, 0.15) is 37.0 Å². The normalized spacial score (nSPS) is 12.0. The zero-order chi connectivity index (χ0) is 15.2. The van der Waals surface area contributed by atoms with E-state index in [0.29, 0.717) is 17.2 Å². The van der Waals surface area contributed by atoms with Crippen LogP contribution in [0, 0.1) is 0 Å². The van der Waals surface area contributed by atoms with Crippen LogP contribution >= 0.6 is 0 Å². The van der Waals surface area contributed by atoms with Crippen LogP contribution in [0.4, 0.5) is 0 Å². The van der Waals surface area contributed by atoms with E-state index in [1.807, 2.05) is 36.4 Å². The molecule has 2 N–H and O–H groups in total. The predicted molar refractivity (Wildman–Crippen MR) is 80.3 cm³/mol. The molecule has 1 unspecified atom stereocenters. The van der Waals surface area contributed by atoms with E-state index in [1.165, 1.54) is 0 Å². The fourth-order valence-electron chi connectivity index (χ4n) is 2.04. The van der Waals surface area contributed by atoms with E-state index in [1.54, 1.807) is 23.7 Å². The summed E-state index contributed by atoms with van der Waals surface area (Å²) in [6.45, 7) is 4.18. The van der Waals surface area contributed by atoms with E-state index in [9.17, 15) is 4.79 Å². The third-order valence-corrected chi connectivity index (χ3v) is 3.23. The lowest BCUT2D eigenvalue weighted by atomic mass is 10.0. The topological polar surface area (TPSA) is 58.6 Å². The standard InChI is InChI=1S/C17H19NO3/c1-12(2)14-9-6-10-15(11-14)21-16(17(19)18-20)13-7-4-3-5-8-13/h3-12,16,20H,1-2H3,(H,18,19).